The quantitative estimate of drug-likeness (QED) is 0.523. The largest absolute Gasteiger partial charge is 0.369 e. The van der Waals surface area contributed by atoms with Gasteiger partial charge in [0.2, 0.25) is 0 Å². The molecule has 1 aliphatic rings. The lowest BCUT2D eigenvalue weighted by molar-refractivity contribution is 0.882. The van der Waals surface area contributed by atoms with Gasteiger partial charge in [0.05, 0.1) is 11.4 Å². The normalized spacial score (nSPS) is 13.0. The van der Waals surface area contributed by atoms with E-state index in [0.717, 1.165) is 35.7 Å². The van der Waals surface area contributed by atoms with Crippen LogP contribution >= 0.6 is 45.8 Å². The van der Waals surface area contributed by atoms with Gasteiger partial charge in [0, 0.05) is 31.3 Å². The van der Waals surface area contributed by atoms with E-state index in [1.807, 2.05) is 28.9 Å². The summed E-state index contributed by atoms with van der Waals surface area (Å²) in [5, 5.41) is 9.48. The molecule has 0 bridgehead atoms. The highest BCUT2D eigenvalue weighted by atomic mass is 127. The van der Waals surface area contributed by atoms with Gasteiger partial charge in [-0.1, -0.05) is 41.4 Å². The van der Waals surface area contributed by atoms with Crippen molar-refractivity contribution in [3.8, 4) is 16.9 Å². The molecule has 3 nitrogen and oxygen atoms in total. The summed E-state index contributed by atoms with van der Waals surface area (Å²) in [4.78, 5) is 0. The lowest BCUT2D eigenvalue weighted by Gasteiger charge is -2.07. The number of halogens is 3. The predicted molar refractivity (Wildman–Crippen MR) is 104 cm³/mol. The number of benzene rings is 2. The SMILES string of the molecule is Clc1cc(Cl)cc(-n2nc(-c3ccccc3I)c3c2NCC3)c1. The molecule has 3 aromatic rings. The standard InChI is InChI=1S/C17H12Cl2IN3/c18-10-7-11(19)9-12(8-10)23-17-14(5-6-21-17)16(22-23)13-3-1-2-4-15(13)20/h1-4,7-9,21H,5-6H2. The van der Waals surface area contributed by atoms with Gasteiger partial charge in [-0.15, -0.1) is 0 Å². The molecule has 0 saturated heterocycles. The van der Waals surface area contributed by atoms with Gasteiger partial charge < -0.3 is 5.32 Å². The number of nitrogens with zero attached hydrogens (tertiary/aromatic N) is 2. The van der Waals surface area contributed by atoms with Gasteiger partial charge in [0.25, 0.3) is 0 Å². The fourth-order valence-electron chi connectivity index (χ4n) is 2.89. The molecule has 0 atom stereocenters. The van der Waals surface area contributed by atoms with E-state index in [1.165, 1.54) is 9.13 Å². The third kappa shape index (κ3) is 2.73. The van der Waals surface area contributed by atoms with Crippen LogP contribution in [0.2, 0.25) is 10.0 Å². The Hall–Kier alpha value is -1.24. The molecule has 1 aliphatic heterocycles. The van der Waals surface area contributed by atoms with Gasteiger partial charge >= 0.3 is 0 Å². The minimum absolute atomic E-state index is 0.602. The molecule has 6 heteroatoms. The molecule has 2 aromatic carbocycles. The zero-order valence-electron chi connectivity index (χ0n) is 12.0. The van der Waals surface area contributed by atoms with E-state index in [1.54, 1.807) is 6.07 Å². The van der Waals surface area contributed by atoms with Crippen molar-refractivity contribution in [1.82, 2.24) is 9.78 Å². The number of rotatable bonds is 2. The lowest BCUT2D eigenvalue weighted by atomic mass is 10.1. The number of anilines is 1. The van der Waals surface area contributed by atoms with Crippen LogP contribution in [0, 0.1) is 3.57 Å². The van der Waals surface area contributed by atoms with Crippen molar-refractivity contribution in [2.45, 2.75) is 6.42 Å². The maximum absolute atomic E-state index is 6.15. The monoisotopic (exact) mass is 455 g/mol. The summed E-state index contributed by atoms with van der Waals surface area (Å²) in [6, 6.07) is 13.8. The van der Waals surface area contributed by atoms with Crippen molar-refractivity contribution in [2.24, 2.45) is 0 Å². The van der Waals surface area contributed by atoms with Gasteiger partial charge in [0.1, 0.15) is 5.82 Å². The second-order valence-corrected chi connectivity index (χ2v) is 7.41. The maximum atomic E-state index is 6.15. The molecule has 0 spiro atoms. The molecule has 0 fully saturated rings. The Kier molecular flexibility index (Phi) is 3.99. The molecule has 23 heavy (non-hydrogen) atoms. The average molecular weight is 456 g/mol. The van der Waals surface area contributed by atoms with E-state index in [9.17, 15) is 0 Å². The molecule has 0 amide bonds. The molecule has 116 valence electrons. The summed E-state index contributed by atoms with van der Waals surface area (Å²) >= 11 is 14.7. The molecule has 2 heterocycles. The van der Waals surface area contributed by atoms with Crippen LogP contribution in [-0.4, -0.2) is 16.3 Å². The highest BCUT2D eigenvalue weighted by Crippen LogP contribution is 2.37. The van der Waals surface area contributed by atoms with Crippen LogP contribution in [0.4, 0.5) is 5.82 Å². The molecule has 0 aliphatic carbocycles. The number of aromatic nitrogens is 2. The van der Waals surface area contributed by atoms with Gasteiger partial charge in [0.15, 0.2) is 0 Å². The van der Waals surface area contributed by atoms with Crippen LogP contribution < -0.4 is 5.32 Å². The van der Waals surface area contributed by atoms with Crippen LogP contribution in [0.25, 0.3) is 16.9 Å². The van der Waals surface area contributed by atoms with Crippen LogP contribution in [0.5, 0.6) is 0 Å². The maximum Gasteiger partial charge on any atom is 0.133 e. The summed E-state index contributed by atoms with van der Waals surface area (Å²) in [6.07, 6.45) is 0.962. The molecule has 0 unspecified atom stereocenters. The Morgan fingerprint density at radius 1 is 1.09 bits per heavy atom. The molecular formula is C17H12Cl2IN3. The smallest absolute Gasteiger partial charge is 0.133 e. The molecule has 0 saturated carbocycles. The first-order valence-electron chi connectivity index (χ1n) is 7.20. The van der Waals surface area contributed by atoms with Crippen molar-refractivity contribution in [3.63, 3.8) is 0 Å². The minimum atomic E-state index is 0.602. The first-order chi connectivity index (χ1) is 11.1. The van der Waals surface area contributed by atoms with E-state index in [0.29, 0.717) is 10.0 Å². The molecule has 4 rings (SSSR count). The first kappa shape index (κ1) is 15.3. The van der Waals surface area contributed by atoms with Crippen LogP contribution in [0.1, 0.15) is 5.56 Å². The van der Waals surface area contributed by atoms with E-state index >= 15 is 0 Å². The summed E-state index contributed by atoms with van der Waals surface area (Å²) in [7, 11) is 0. The Balaban J connectivity index is 1.93. The van der Waals surface area contributed by atoms with Crippen molar-refractivity contribution < 1.29 is 0 Å². The highest BCUT2D eigenvalue weighted by molar-refractivity contribution is 14.1. The number of nitrogens with one attached hydrogen (secondary N) is 1. The first-order valence-corrected chi connectivity index (χ1v) is 9.04. The summed E-state index contributed by atoms with van der Waals surface area (Å²) in [5.74, 6) is 1.03. The van der Waals surface area contributed by atoms with Crippen molar-refractivity contribution >= 4 is 51.6 Å². The van der Waals surface area contributed by atoms with E-state index in [-0.39, 0.29) is 0 Å². The zero-order chi connectivity index (χ0) is 16.0. The van der Waals surface area contributed by atoms with E-state index < -0.39 is 0 Å². The van der Waals surface area contributed by atoms with Gasteiger partial charge in [-0.3, -0.25) is 0 Å². The summed E-state index contributed by atoms with van der Waals surface area (Å²) in [5.41, 5.74) is 4.28. The number of hydrogen-bond donors (Lipinski definition) is 1. The van der Waals surface area contributed by atoms with Crippen molar-refractivity contribution in [1.29, 1.82) is 0 Å². The van der Waals surface area contributed by atoms with Gasteiger partial charge in [-0.2, -0.15) is 5.10 Å². The summed E-state index contributed by atoms with van der Waals surface area (Å²) in [6.45, 7) is 0.915. The molecule has 1 aromatic heterocycles. The van der Waals surface area contributed by atoms with Crippen LogP contribution in [-0.2, 0) is 6.42 Å². The van der Waals surface area contributed by atoms with Gasteiger partial charge in [-0.05, 0) is 53.3 Å². The minimum Gasteiger partial charge on any atom is -0.369 e. The van der Waals surface area contributed by atoms with E-state index in [4.69, 9.17) is 28.3 Å². The Morgan fingerprint density at radius 3 is 2.57 bits per heavy atom. The average Bonchev–Trinajstić information content (AvgIpc) is 3.09. The predicted octanol–water partition coefficient (Wildman–Crippen LogP) is 5.42. The zero-order valence-corrected chi connectivity index (χ0v) is 15.7. The Morgan fingerprint density at radius 2 is 1.83 bits per heavy atom. The fourth-order valence-corrected chi connectivity index (χ4v) is 4.05. The highest BCUT2D eigenvalue weighted by Gasteiger charge is 2.25. The number of hydrogen-bond acceptors (Lipinski definition) is 2. The van der Waals surface area contributed by atoms with Crippen LogP contribution in [0.3, 0.4) is 0 Å². The van der Waals surface area contributed by atoms with Gasteiger partial charge in [-0.25, -0.2) is 4.68 Å². The van der Waals surface area contributed by atoms with E-state index in [2.05, 4.69) is 40.0 Å². The summed E-state index contributed by atoms with van der Waals surface area (Å²) < 4.78 is 3.09. The molecule has 0 radical (unpaired) electrons. The Bertz CT molecular complexity index is 885. The van der Waals surface area contributed by atoms with Crippen molar-refractivity contribution in [3.05, 3.63) is 61.6 Å². The third-order valence-corrected chi connectivity index (χ3v) is 5.25. The lowest BCUT2D eigenvalue weighted by Crippen LogP contribution is -2.04. The number of fused-ring (bicyclic) bond motifs is 1. The fraction of sp³-hybridized carbons (Fsp3) is 0.118. The van der Waals surface area contributed by atoms with Crippen molar-refractivity contribution in [2.75, 3.05) is 11.9 Å². The molecular weight excluding hydrogens is 444 g/mol. The topological polar surface area (TPSA) is 29.9 Å². The Labute approximate surface area is 157 Å². The second-order valence-electron chi connectivity index (χ2n) is 5.37. The van der Waals surface area contributed by atoms with Crippen LogP contribution in [0.15, 0.2) is 42.5 Å². The molecule has 1 N–H and O–H groups in total. The second kappa shape index (κ2) is 6.00. The third-order valence-electron chi connectivity index (χ3n) is 3.87.